The summed E-state index contributed by atoms with van der Waals surface area (Å²) in [6.45, 7) is 19.6. The number of rotatable bonds is 9. The molecule has 1 aromatic carbocycles. The van der Waals surface area contributed by atoms with Crippen LogP contribution in [-0.4, -0.2) is 135 Å². The minimum Gasteiger partial charge on any atom is -0.464 e. The number of hydrogen-bond acceptors (Lipinski definition) is 11. The minimum absolute atomic E-state index is 0.0703. The van der Waals surface area contributed by atoms with Gasteiger partial charge >= 0.3 is 12.0 Å². The van der Waals surface area contributed by atoms with Crippen molar-refractivity contribution >= 4 is 52.0 Å². The third-order valence-electron chi connectivity index (χ3n) is 13.1. The Labute approximate surface area is 391 Å². The fourth-order valence-electron chi connectivity index (χ4n) is 9.64. The molecule has 3 aromatic heterocycles. The Morgan fingerprint density at radius 1 is 1.15 bits per heavy atom. The van der Waals surface area contributed by atoms with E-state index in [4.69, 9.17) is 19.4 Å². The molecular formula is C49H65N9O7S. The number of fused-ring (bicyclic) bond motifs is 6. The number of urea groups is 1. The smallest absolute Gasteiger partial charge is 0.324 e. The lowest BCUT2D eigenvalue weighted by Gasteiger charge is -2.43. The second-order valence-electron chi connectivity index (χ2n) is 18.9. The molecule has 2 saturated heterocycles. The number of aromatic nitrogens is 3. The van der Waals surface area contributed by atoms with Crippen molar-refractivity contribution in [2.24, 2.45) is 11.3 Å². The van der Waals surface area contributed by atoms with E-state index in [9.17, 15) is 24.0 Å². The summed E-state index contributed by atoms with van der Waals surface area (Å²) in [5.74, 6) is -1.90. The van der Waals surface area contributed by atoms with Crippen LogP contribution in [0.3, 0.4) is 0 Å². The minimum atomic E-state index is -1.09. The lowest BCUT2D eigenvalue weighted by molar-refractivity contribution is -0.155. The molecule has 66 heavy (non-hydrogen) atoms. The van der Waals surface area contributed by atoms with Crippen molar-refractivity contribution in [2.75, 3.05) is 46.9 Å². The van der Waals surface area contributed by atoms with Gasteiger partial charge in [-0.1, -0.05) is 40.3 Å². The number of hydrazine groups is 1. The summed E-state index contributed by atoms with van der Waals surface area (Å²) in [4.78, 5) is 84.1. The molecule has 354 valence electrons. The van der Waals surface area contributed by atoms with Crippen molar-refractivity contribution in [3.63, 3.8) is 0 Å². The summed E-state index contributed by atoms with van der Waals surface area (Å²) in [7, 11) is 3.28. The van der Waals surface area contributed by atoms with Crippen LogP contribution in [0.15, 0.2) is 54.6 Å². The standard InChI is InChI=1S/C49H65N9O7S/c1-11-41(59)55-21-22-57(30(5)26-55)48(63)54(9)43(29(3)4)45(60)52-37-24-40-51-38(27-66-40)32-17-18-39-34(23-32)35(44(56(39)12-2)33-15-13-19-50-42(33)31(6)64-10)25-49(7,8)28-65-47(62)36-16-14-20-58(53-36)46(37)61/h11,13,15,17-19,23,27,29-31,36-37,43,53H,1,12,14,16,20-22,24-26,28H2,2-10H3,(H,52,60)/t30-,31+,36+,37+,43?/m1/s1. The summed E-state index contributed by atoms with van der Waals surface area (Å²) >= 11 is 1.40. The van der Waals surface area contributed by atoms with Gasteiger partial charge in [0.1, 0.15) is 18.1 Å². The Kier molecular flexibility index (Phi) is 14.7. The number of piperazine rings is 1. The summed E-state index contributed by atoms with van der Waals surface area (Å²) < 4.78 is 14.2. The maximum Gasteiger partial charge on any atom is 0.324 e. The monoisotopic (exact) mass is 923 g/mol. The molecule has 6 bridgehead atoms. The molecule has 0 saturated carbocycles. The van der Waals surface area contributed by atoms with Crippen LogP contribution in [0.5, 0.6) is 0 Å². The summed E-state index contributed by atoms with van der Waals surface area (Å²) in [6, 6.07) is 6.93. The van der Waals surface area contributed by atoms with Gasteiger partial charge < -0.3 is 34.1 Å². The fraction of sp³-hybridized carbons (Fsp3) is 0.531. The van der Waals surface area contributed by atoms with Gasteiger partial charge in [0.2, 0.25) is 11.8 Å². The summed E-state index contributed by atoms with van der Waals surface area (Å²) in [5.41, 5.74) is 9.25. The molecular weight excluding hydrogens is 859 g/mol. The van der Waals surface area contributed by atoms with Crippen molar-refractivity contribution in [1.82, 2.24) is 45.0 Å². The van der Waals surface area contributed by atoms with E-state index in [1.165, 1.54) is 27.3 Å². The predicted octanol–water partition coefficient (Wildman–Crippen LogP) is 6.00. The van der Waals surface area contributed by atoms with Gasteiger partial charge in [0.25, 0.3) is 5.91 Å². The number of carbonyl (C=O) groups is 5. The largest absolute Gasteiger partial charge is 0.464 e. The molecule has 2 N–H and O–H groups in total. The molecule has 6 heterocycles. The van der Waals surface area contributed by atoms with Gasteiger partial charge in [-0.25, -0.2) is 15.2 Å². The Bertz CT molecular complexity index is 2480. The second-order valence-corrected chi connectivity index (χ2v) is 19.8. The third-order valence-corrected chi connectivity index (χ3v) is 14.0. The van der Waals surface area contributed by atoms with E-state index < -0.39 is 41.3 Å². The van der Waals surface area contributed by atoms with E-state index in [2.05, 4.69) is 66.9 Å². The van der Waals surface area contributed by atoms with Crippen LogP contribution in [0.2, 0.25) is 0 Å². The van der Waals surface area contributed by atoms with E-state index in [0.717, 1.165) is 44.7 Å². The molecule has 0 spiro atoms. The molecule has 4 aromatic rings. The number of methoxy groups -OCH3 is 1. The van der Waals surface area contributed by atoms with Crippen LogP contribution in [-0.2, 0) is 48.0 Å². The topological polar surface area (TPSA) is 172 Å². The fourth-order valence-corrected chi connectivity index (χ4v) is 10.5. The highest BCUT2D eigenvalue weighted by Gasteiger charge is 2.40. The number of esters is 1. The number of aryl methyl sites for hydroxylation is 1. The first kappa shape index (κ1) is 48.3. The normalized spacial score (nSPS) is 21.2. The van der Waals surface area contributed by atoms with Crippen LogP contribution in [0.4, 0.5) is 4.79 Å². The first-order valence-corrected chi connectivity index (χ1v) is 23.9. The Morgan fingerprint density at radius 2 is 1.92 bits per heavy atom. The summed E-state index contributed by atoms with van der Waals surface area (Å²) in [6.07, 6.45) is 4.44. The molecule has 7 rings (SSSR count). The van der Waals surface area contributed by atoms with Crippen molar-refractivity contribution < 1.29 is 33.4 Å². The lowest BCUT2D eigenvalue weighted by atomic mass is 9.84. The van der Waals surface area contributed by atoms with Crippen molar-refractivity contribution in [2.45, 2.75) is 111 Å². The van der Waals surface area contributed by atoms with Gasteiger partial charge in [-0.2, -0.15) is 0 Å². The van der Waals surface area contributed by atoms with Crippen LogP contribution >= 0.6 is 11.3 Å². The van der Waals surface area contributed by atoms with Crippen LogP contribution < -0.4 is 10.7 Å². The number of benzene rings is 1. The Morgan fingerprint density at radius 3 is 2.62 bits per heavy atom. The van der Waals surface area contributed by atoms with Gasteiger partial charge in [-0.15, -0.1) is 11.3 Å². The van der Waals surface area contributed by atoms with E-state index >= 15 is 0 Å². The quantitative estimate of drug-likeness (QED) is 0.150. The van der Waals surface area contributed by atoms with E-state index in [0.29, 0.717) is 57.0 Å². The average Bonchev–Trinajstić information content (AvgIpc) is 3.90. The number of pyridine rings is 1. The van der Waals surface area contributed by atoms with Gasteiger partial charge in [0, 0.05) is 98.4 Å². The number of carbonyl (C=O) groups excluding carboxylic acids is 5. The molecule has 5 atom stereocenters. The Balaban J connectivity index is 1.26. The molecule has 5 amide bonds. The molecule has 2 fully saturated rings. The zero-order valence-electron chi connectivity index (χ0n) is 39.8. The highest BCUT2D eigenvalue weighted by Crippen LogP contribution is 2.42. The molecule has 17 heteroatoms. The number of nitrogens with zero attached hydrogens (tertiary/aromatic N) is 7. The van der Waals surface area contributed by atoms with Gasteiger partial charge in [0.05, 0.1) is 34.8 Å². The SMILES string of the molecule is C=CC(=O)N1CCN(C(=O)N(C)C(C(=O)N[C@H]2Cc3nc(cs3)-c3ccc4c(c3)c(c(-c3cccnc3[C@H](C)OC)n4CC)CC(C)(C)COC(=O)[C@@H]3CCCN(N3)C2=O)C(C)C)[C@H](C)C1. The van der Waals surface area contributed by atoms with E-state index in [-0.39, 0.29) is 43.0 Å². The predicted molar refractivity (Wildman–Crippen MR) is 254 cm³/mol. The van der Waals surface area contributed by atoms with Gasteiger partial charge in [0.15, 0.2) is 0 Å². The maximum atomic E-state index is 14.6. The number of nitrogens with one attached hydrogen (secondary N) is 2. The third kappa shape index (κ3) is 9.88. The highest BCUT2D eigenvalue weighted by atomic mass is 32.1. The average molecular weight is 924 g/mol. The molecule has 3 aliphatic heterocycles. The lowest BCUT2D eigenvalue weighted by Crippen LogP contribution is -2.63. The second kappa shape index (κ2) is 20.1. The molecule has 1 unspecified atom stereocenters. The summed E-state index contributed by atoms with van der Waals surface area (Å²) in [5, 5.41) is 8.10. The maximum absolute atomic E-state index is 14.6. The van der Waals surface area contributed by atoms with Crippen LogP contribution in [0.25, 0.3) is 33.4 Å². The van der Waals surface area contributed by atoms with Crippen molar-refractivity contribution in [3.8, 4) is 22.5 Å². The molecule has 0 radical (unpaired) electrons. The number of hydrogen-bond donors (Lipinski definition) is 2. The van der Waals surface area contributed by atoms with Gasteiger partial charge in [-0.05, 0) is 81.9 Å². The van der Waals surface area contributed by atoms with Crippen LogP contribution in [0, 0.1) is 11.3 Å². The molecule has 0 aliphatic carbocycles. The molecule has 16 nitrogen and oxygen atoms in total. The van der Waals surface area contributed by atoms with E-state index in [1.54, 1.807) is 30.2 Å². The van der Waals surface area contributed by atoms with E-state index in [1.807, 2.05) is 39.1 Å². The number of cyclic esters (lactones) is 1. The zero-order valence-corrected chi connectivity index (χ0v) is 40.6. The van der Waals surface area contributed by atoms with Crippen molar-refractivity contribution in [3.05, 3.63) is 70.8 Å². The Hall–Kier alpha value is -5.65. The number of likely N-dealkylation sites (N-methyl/N-ethyl adjacent to an activating group) is 1. The van der Waals surface area contributed by atoms with Gasteiger partial charge in [-0.3, -0.25) is 29.2 Å². The molecule has 3 aliphatic rings. The van der Waals surface area contributed by atoms with Crippen molar-refractivity contribution in [1.29, 1.82) is 0 Å². The number of ether oxygens (including phenoxy) is 2. The first-order valence-electron chi connectivity index (χ1n) is 23.0. The highest BCUT2D eigenvalue weighted by molar-refractivity contribution is 7.10. The first-order chi connectivity index (χ1) is 31.5. The number of amides is 5. The number of thiazole rings is 1. The zero-order chi connectivity index (χ0) is 47.6. The van der Waals surface area contributed by atoms with Crippen LogP contribution in [0.1, 0.15) is 83.7 Å².